The molecule has 0 fully saturated rings. The Hall–Kier alpha value is -1.96. The molecule has 126 valence electrons. The highest BCUT2D eigenvalue weighted by molar-refractivity contribution is 5.95. The number of alkyl halides is 3. The smallest absolute Gasteiger partial charge is 0.422 e. The molecule has 0 bridgehead atoms. The van der Waals surface area contributed by atoms with Crippen molar-refractivity contribution >= 4 is 11.6 Å². The monoisotopic (exact) mass is 322 g/mol. The van der Waals surface area contributed by atoms with Crippen molar-refractivity contribution in [1.82, 2.24) is 5.32 Å². The van der Waals surface area contributed by atoms with E-state index < -0.39 is 18.7 Å². The standard InChI is InChI=1S/C12H15F3N2O3.C2H6/c1-16-9-3-2-8(11(19)17-4-5-18)6-10(9)20-7-12(13,14)15;1-2/h2-3,6,16,18H,4-5,7H2,1H3,(H,17,19);1-2H3. The lowest BCUT2D eigenvalue weighted by Gasteiger charge is -2.14. The number of halogens is 3. The van der Waals surface area contributed by atoms with Crippen LogP contribution in [0.2, 0.25) is 0 Å². The number of carbonyl (C=O) groups excluding carboxylic acids is 1. The molecule has 0 aliphatic rings. The Morgan fingerprint density at radius 1 is 1.32 bits per heavy atom. The number of hydrogen-bond donors (Lipinski definition) is 3. The van der Waals surface area contributed by atoms with Gasteiger partial charge >= 0.3 is 6.18 Å². The molecule has 22 heavy (non-hydrogen) atoms. The van der Waals surface area contributed by atoms with Crippen LogP contribution >= 0.6 is 0 Å². The number of ether oxygens (including phenoxy) is 1. The number of benzene rings is 1. The molecule has 0 saturated carbocycles. The van der Waals surface area contributed by atoms with Crippen LogP contribution in [0.1, 0.15) is 24.2 Å². The van der Waals surface area contributed by atoms with Gasteiger partial charge in [0.1, 0.15) is 5.75 Å². The lowest BCUT2D eigenvalue weighted by molar-refractivity contribution is -0.153. The fourth-order valence-corrected chi connectivity index (χ4v) is 1.42. The molecular weight excluding hydrogens is 301 g/mol. The SMILES string of the molecule is CC.CNc1ccc(C(=O)NCCO)cc1OCC(F)(F)F. The molecule has 5 nitrogen and oxygen atoms in total. The van der Waals surface area contributed by atoms with E-state index in [0.717, 1.165) is 0 Å². The number of hydrogen-bond acceptors (Lipinski definition) is 4. The lowest BCUT2D eigenvalue weighted by Crippen LogP contribution is -2.26. The number of carbonyl (C=O) groups is 1. The molecule has 0 saturated heterocycles. The first-order valence-corrected chi connectivity index (χ1v) is 6.78. The summed E-state index contributed by atoms with van der Waals surface area (Å²) in [5.41, 5.74) is 0.489. The second-order valence-corrected chi connectivity index (χ2v) is 3.84. The fraction of sp³-hybridized carbons (Fsp3) is 0.500. The van der Waals surface area contributed by atoms with Crippen LogP contribution in [0.3, 0.4) is 0 Å². The molecule has 0 aliphatic carbocycles. The van der Waals surface area contributed by atoms with Crippen molar-refractivity contribution in [3.8, 4) is 5.75 Å². The van der Waals surface area contributed by atoms with Crippen LogP contribution in [0.25, 0.3) is 0 Å². The molecule has 3 N–H and O–H groups in total. The Kier molecular flexibility index (Phi) is 9.00. The number of nitrogens with one attached hydrogen (secondary N) is 2. The van der Waals surface area contributed by atoms with Crippen LogP contribution in [0, 0.1) is 0 Å². The van der Waals surface area contributed by atoms with E-state index in [4.69, 9.17) is 5.11 Å². The van der Waals surface area contributed by atoms with Crippen LogP contribution in [0.4, 0.5) is 18.9 Å². The Morgan fingerprint density at radius 2 is 1.95 bits per heavy atom. The van der Waals surface area contributed by atoms with Gasteiger partial charge in [-0.3, -0.25) is 4.79 Å². The molecular formula is C14H21F3N2O3. The van der Waals surface area contributed by atoms with Crippen molar-refractivity contribution in [3.63, 3.8) is 0 Å². The maximum atomic E-state index is 12.2. The molecule has 1 amide bonds. The molecule has 1 rings (SSSR count). The molecule has 1 aromatic rings. The van der Waals surface area contributed by atoms with Gasteiger partial charge in [-0.2, -0.15) is 13.2 Å². The van der Waals surface area contributed by atoms with Crippen LogP contribution in [-0.2, 0) is 0 Å². The van der Waals surface area contributed by atoms with Crippen LogP contribution in [-0.4, -0.2) is 44.0 Å². The minimum absolute atomic E-state index is 0.0609. The summed E-state index contributed by atoms with van der Waals surface area (Å²) in [5.74, 6) is -0.569. The maximum Gasteiger partial charge on any atom is 0.422 e. The molecule has 0 heterocycles. The van der Waals surface area contributed by atoms with Crippen LogP contribution < -0.4 is 15.4 Å². The van der Waals surface area contributed by atoms with Gasteiger partial charge < -0.3 is 20.5 Å². The molecule has 0 aliphatic heterocycles. The average molecular weight is 322 g/mol. The molecule has 0 unspecified atom stereocenters. The summed E-state index contributed by atoms with van der Waals surface area (Å²) in [6, 6.07) is 4.10. The quantitative estimate of drug-likeness (QED) is 0.752. The van der Waals surface area contributed by atoms with Gasteiger partial charge in [0.15, 0.2) is 6.61 Å². The van der Waals surface area contributed by atoms with Gasteiger partial charge in [-0.25, -0.2) is 0 Å². The van der Waals surface area contributed by atoms with Crippen molar-refractivity contribution in [2.75, 3.05) is 32.1 Å². The van der Waals surface area contributed by atoms with Gasteiger partial charge in [0.2, 0.25) is 0 Å². The summed E-state index contributed by atoms with van der Waals surface area (Å²) in [6.07, 6.45) is -4.46. The largest absolute Gasteiger partial charge is 0.482 e. The average Bonchev–Trinajstić information content (AvgIpc) is 2.51. The predicted molar refractivity (Wildman–Crippen MR) is 78.3 cm³/mol. The van der Waals surface area contributed by atoms with Crippen molar-refractivity contribution in [3.05, 3.63) is 23.8 Å². The van der Waals surface area contributed by atoms with Gasteiger partial charge in [0.05, 0.1) is 12.3 Å². The first-order chi connectivity index (χ1) is 10.4. The van der Waals surface area contributed by atoms with E-state index in [9.17, 15) is 18.0 Å². The third-order valence-electron chi connectivity index (χ3n) is 2.30. The van der Waals surface area contributed by atoms with Gasteiger partial charge in [0.25, 0.3) is 5.91 Å². The zero-order chi connectivity index (χ0) is 17.2. The Bertz CT molecular complexity index is 465. The molecule has 8 heteroatoms. The molecule has 0 radical (unpaired) electrons. The minimum Gasteiger partial charge on any atom is -0.482 e. The van der Waals surface area contributed by atoms with Gasteiger partial charge in [0, 0.05) is 19.2 Å². The summed E-state index contributed by atoms with van der Waals surface area (Å²) in [7, 11) is 1.53. The van der Waals surface area contributed by atoms with E-state index >= 15 is 0 Å². The number of aliphatic hydroxyl groups is 1. The van der Waals surface area contributed by atoms with Gasteiger partial charge in [-0.15, -0.1) is 0 Å². The Labute approximate surface area is 127 Å². The summed E-state index contributed by atoms with van der Waals surface area (Å²) in [4.78, 5) is 11.6. The van der Waals surface area contributed by atoms with Crippen molar-refractivity contribution in [2.24, 2.45) is 0 Å². The van der Waals surface area contributed by atoms with Crippen molar-refractivity contribution < 1.29 is 27.8 Å². The number of anilines is 1. The molecule has 1 aromatic carbocycles. The second-order valence-electron chi connectivity index (χ2n) is 3.84. The number of rotatable bonds is 6. The lowest BCUT2D eigenvalue weighted by atomic mass is 10.1. The van der Waals surface area contributed by atoms with Crippen LogP contribution in [0.5, 0.6) is 5.75 Å². The predicted octanol–water partition coefficient (Wildman–Crippen LogP) is 2.42. The zero-order valence-electron chi connectivity index (χ0n) is 12.8. The third-order valence-corrected chi connectivity index (χ3v) is 2.30. The first kappa shape index (κ1) is 20.0. The van der Waals surface area contributed by atoms with E-state index in [2.05, 4.69) is 15.4 Å². The van der Waals surface area contributed by atoms with E-state index in [1.165, 1.54) is 25.2 Å². The van der Waals surface area contributed by atoms with Crippen LogP contribution in [0.15, 0.2) is 18.2 Å². The maximum absolute atomic E-state index is 12.2. The van der Waals surface area contributed by atoms with Gasteiger partial charge in [-0.1, -0.05) is 13.8 Å². The molecule has 0 atom stereocenters. The highest BCUT2D eigenvalue weighted by atomic mass is 19.4. The third kappa shape index (κ3) is 7.16. The summed E-state index contributed by atoms with van der Waals surface area (Å²) in [6.45, 7) is 2.40. The molecule has 0 spiro atoms. The summed E-state index contributed by atoms with van der Waals surface area (Å²) < 4.78 is 41.1. The fourth-order valence-electron chi connectivity index (χ4n) is 1.42. The van der Waals surface area contributed by atoms with Crippen molar-refractivity contribution in [1.29, 1.82) is 0 Å². The van der Waals surface area contributed by atoms with Gasteiger partial charge in [-0.05, 0) is 18.2 Å². The number of aliphatic hydroxyl groups excluding tert-OH is 1. The summed E-state index contributed by atoms with van der Waals surface area (Å²) >= 11 is 0. The van der Waals surface area contributed by atoms with Crippen molar-refractivity contribution in [2.45, 2.75) is 20.0 Å². The highest BCUT2D eigenvalue weighted by Gasteiger charge is 2.29. The highest BCUT2D eigenvalue weighted by Crippen LogP contribution is 2.27. The molecule has 0 aromatic heterocycles. The van der Waals surface area contributed by atoms with E-state index in [-0.39, 0.29) is 24.5 Å². The normalized spacial score (nSPS) is 10.3. The topological polar surface area (TPSA) is 70.6 Å². The Balaban J connectivity index is 0.00000211. The second kappa shape index (κ2) is 9.88. The summed E-state index contributed by atoms with van der Waals surface area (Å²) in [5, 5.41) is 13.7. The number of amides is 1. The first-order valence-electron chi connectivity index (χ1n) is 6.78. The zero-order valence-corrected chi connectivity index (χ0v) is 12.8. The Morgan fingerprint density at radius 3 is 2.45 bits per heavy atom. The van der Waals surface area contributed by atoms with E-state index in [0.29, 0.717) is 5.69 Å². The van der Waals surface area contributed by atoms with E-state index in [1.807, 2.05) is 13.8 Å². The minimum atomic E-state index is -4.46. The van der Waals surface area contributed by atoms with E-state index in [1.54, 1.807) is 0 Å².